The van der Waals surface area contributed by atoms with Crippen LogP contribution in [0.2, 0.25) is 5.02 Å². The van der Waals surface area contributed by atoms with Crippen LogP contribution in [0.15, 0.2) is 48.7 Å². The van der Waals surface area contributed by atoms with Gasteiger partial charge in [-0.1, -0.05) is 54.6 Å². The molecule has 1 amide bonds. The van der Waals surface area contributed by atoms with Crippen LogP contribution in [0.5, 0.6) is 0 Å². The van der Waals surface area contributed by atoms with Gasteiger partial charge in [0.1, 0.15) is 18.1 Å². The quantitative estimate of drug-likeness (QED) is 0.180. The van der Waals surface area contributed by atoms with Crippen molar-refractivity contribution in [3.05, 3.63) is 70.8 Å². The summed E-state index contributed by atoms with van der Waals surface area (Å²) in [6, 6.07) is 9.58. The first-order chi connectivity index (χ1) is 20.3. The van der Waals surface area contributed by atoms with Crippen LogP contribution in [0.1, 0.15) is 50.2 Å². The van der Waals surface area contributed by atoms with Gasteiger partial charge >= 0.3 is 11.9 Å². The standard InChI is InChI=1S/C29H35ClFN5O7/c1-16(2)26(32)29(40)41-15-42-36-14-24(34-35-36)27(38)33-21(13-25(37)28(39)43-17(3)4)11-18-5-7-19(8-6-18)22-12-20(30)9-10-23(22)31/h5-10,12,14,16-17,21,25-26,37H,11,13,15,32H2,1-4H3,(H,33,38)/t21?,25-,26+/m1/s1. The summed E-state index contributed by atoms with van der Waals surface area (Å²) in [5, 5.41) is 21.1. The first kappa shape index (κ1) is 33.4. The molecule has 232 valence electrons. The highest BCUT2D eigenvalue weighted by atomic mass is 35.5. The zero-order valence-electron chi connectivity index (χ0n) is 24.2. The lowest BCUT2D eigenvalue weighted by Gasteiger charge is -2.21. The largest absolute Gasteiger partial charge is 0.461 e. The highest BCUT2D eigenvalue weighted by Crippen LogP contribution is 2.26. The number of esters is 2. The Kier molecular flexibility index (Phi) is 12.0. The lowest BCUT2D eigenvalue weighted by Crippen LogP contribution is -2.41. The van der Waals surface area contributed by atoms with Crippen LogP contribution in [0.25, 0.3) is 11.1 Å². The van der Waals surface area contributed by atoms with E-state index >= 15 is 0 Å². The van der Waals surface area contributed by atoms with Crippen LogP contribution >= 0.6 is 11.6 Å². The Labute approximate surface area is 253 Å². The zero-order valence-corrected chi connectivity index (χ0v) is 25.0. The molecule has 0 aliphatic carbocycles. The molecule has 43 heavy (non-hydrogen) atoms. The van der Waals surface area contributed by atoms with Gasteiger partial charge in [-0.2, -0.15) is 0 Å². The SMILES string of the molecule is CC(C)OC(=O)[C@H](O)CC(Cc1ccc(-c2cc(Cl)ccc2F)cc1)NC(=O)c1cn(OCOC(=O)[C@@H](N)C(C)C)nn1. The maximum Gasteiger partial charge on any atom is 0.335 e. The van der Waals surface area contributed by atoms with Crippen LogP contribution in [-0.4, -0.2) is 69.2 Å². The van der Waals surface area contributed by atoms with E-state index in [9.17, 15) is 23.9 Å². The summed E-state index contributed by atoms with van der Waals surface area (Å²) in [7, 11) is 0. The van der Waals surface area contributed by atoms with Crippen molar-refractivity contribution in [1.82, 2.24) is 20.5 Å². The van der Waals surface area contributed by atoms with Gasteiger partial charge in [0.05, 0.1) is 6.10 Å². The Morgan fingerprint density at radius 3 is 2.44 bits per heavy atom. The third kappa shape index (κ3) is 10.0. The van der Waals surface area contributed by atoms with Gasteiger partial charge in [0.2, 0.25) is 0 Å². The molecule has 12 nitrogen and oxygen atoms in total. The number of aliphatic hydroxyl groups is 1. The number of carbonyl (C=O) groups excluding carboxylic acids is 3. The topological polar surface area (TPSA) is 168 Å². The lowest BCUT2D eigenvalue weighted by atomic mass is 9.97. The summed E-state index contributed by atoms with van der Waals surface area (Å²) < 4.78 is 24.3. The van der Waals surface area contributed by atoms with Gasteiger partial charge in [0.25, 0.3) is 12.7 Å². The average Bonchev–Trinajstić information content (AvgIpc) is 3.43. The Hall–Kier alpha value is -4.07. The Morgan fingerprint density at radius 2 is 1.79 bits per heavy atom. The number of hydrogen-bond donors (Lipinski definition) is 3. The minimum atomic E-state index is -1.52. The van der Waals surface area contributed by atoms with E-state index in [1.165, 1.54) is 24.4 Å². The van der Waals surface area contributed by atoms with Crippen molar-refractivity contribution >= 4 is 29.4 Å². The number of nitrogens with zero attached hydrogens (tertiary/aromatic N) is 3. The van der Waals surface area contributed by atoms with E-state index in [-0.39, 0.29) is 24.5 Å². The number of carbonyl (C=O) groups is 3. The fourth-order valence-corrected chi connectivity index (χ4v) is 4.05. The third-order valence-corrected chi connectivity index (χ3v) is 6.46. The minimum Gasteiger partial charge on any atom is -0.461 e. The van der Waals surface area contributed by atoms with Crippen molar-refractivity contribution in [2.45, 2.75) is 64.8 Å². The van der Waals surface area contributed by atoms with E-state index in [4.69, 9.17) is 31.6 Å². The minimum absolute atomic E-state index is 0.128. The summed E-state index contributed by atoms with van der Waals surface area (Å²) in [6.07, 6.45) is -0.755. The number of amides is 1. The van der Waals surface area contributed by atoms with E-state index in [0.717, 1.165) is 10.4 Å². The molecule has 3 aromatic rings. The molecule has 1 aromatic heterocycles. The number of hydrogen-bond acceptors (Lipinski definition) is 10. The molecule has 0 aliphatic heterocycles. The average molecular weight is 620 g/mol. The third-order valence-electron chi connectivity index (χ3n) is 6.22. The van der Waals surface area contributed by atoms with Gasteiger partial charge in [-0.3, -0.25) is 9.59 Å². The Bertz CT molecular complexity index is 1400. The molecule has 0 bridgehead atoms. The number of aromatic nitrogens is 3. The molecule has 1 unspecified atom stereocenters. The summed E-state index contributed by atoms with van der Waals surface area (Å²) in [4.78, 5) is 43.2. The highest BCUT2D eigenvalue weighted by Gasteiger charge is 2.26. The molecule has 0 saturated heterocycles. The maximum absolute atomic E-state index is 14.3. The van der Waals surface area contributed by atoms with Gasteiger partial charge in [0.15, 0.2) is 11.8 Å². The lowest BCUT2D eigenvalue weighted by molar-refractivity contribution is -0.160. The predicted octanol–water partition coefficient (Wildman–Crippen LogP) is 2.69. The summed E-state index contributed by atoms with van der Waals surface area (Å²) >= 11 is 6.02. The van der Waals surface area contributed by atoms with Crippen LogP contribution in [-0.2, 0) is 25.5 Å². The monoisotopic (exact) mass is 619 g/mol. The summed E-state index contributed by atoms with van der Waals surface area (Å²) in [5.74, 6) is -2.70. The van der Waals surface area contributed by atoms with Crippen molar-refractivity contribution in [3.8, 4) is 11.1 Å². The highest BCUT2D eigenvalue weighted by molar-refractivity contribution is 6.30. The number of halogens is 2. The van der Waals surface area contributed by atoms with E-state index < -0.39 is 54.7 Å². The van der Waals surface area contributed by atoms with Gasteiger partial charge in [-0.25, -0.2) is 9.18 Å². The Morgan fingerprint density at radius 1 is 1.09 bits per heavy atom. The van der Waals surface area contributed by atoms with Crippen molar-refractivity contribution in [2.24, 2.45) is 11.7 Å². The number of nitrogens with one attached hydrogen (secondary N) is 1. The molecule has 0 aliphatic rings. The number of benzene rings is 2. The normalized spacial score (nSPS) is 13.3. The van der Waals surface area contributed by atoms with E-state index in [1.807, 2.05) is 0 Å². The van der Waals surface area contributed by atoms with Gasteiger partial charge in [0, 0.05) is 23.0 Å². The fraction of sp³-hybridized carbons (Fsp3) is 0.414. The van der Waals surface area contributed by atoms with Gasteiger partial charge in [-0.15, -0.1) is 5.10 Å². The number of rotatable bonds is 14. The van der Waals surface area contributed by atoms with Crippen LogP contribution in [0.3, 0.4) is 0 Å². The van der Waals surface area contributed by atoms with E-state index in [2.05, 4.69) is 15.6 Å². The maximum atomic E-state index is 14.3. The second-order valence-electron chi connectivity index (χ2n) is 10.4. The summed E-state index contributed by atoms with van der Waals surface area (Å²) in [6.45, 7) is 6.34. The number of nitrogens with two attached hydrogens (primary N) is 1. The molecule has 0 radical (unpaired) electrons. The molecule has 0 fully saturated rings. The first-order valence-electron chi connectivity index (χ1n) is 13.6. The van der Waals surface area contributed by atoms with Crippen molar-refractivity contribution in [3.63, 3.8) is 0 Å². The number of ether oxygens (including phenoxy) is 2. The number of aliphatic hydroxyl groups excluding tert-OH is 1. The van der Waals surface area contributed by atoms with Crippen LogP contribution in [0.4, 0.5) is 4.39 Å². The van der Waals surface area contributed by atoms with Crippen LogP contribution < -0.4 is 15.9 Å². The fourth-order valence-electron chi connectivity index (χ4n) is 3.88. The van der Waals surface area contributed by atoms with Crippen molar-refractivity contribution in [2.75, 3.05) is 6.79 Å². The van der Waals surface area contributed by atoms with E-state index in [1.54, 1.807) is 52.0 Å². The smallest absolute Gasteiger partial charge is 0.335 e. The molecule has 1 heterocycles. The first-order valence-corrected chi connectivity index (χ1v) is 13.9. The van der Waals surface area contributed by atoms with Crippen molar-refractivity contribution in [1.29, 1.82) is 0 Å². The van der Waals surface area contributed by atoms with Gasteiger partial charge in [-0.05, 0) is 60.7 Å². The molecule has 4 N–H and O–H groups in total. The second kappa shape index (κ2) is 15.4. The molecule has 0 spiro atoms. The Balaban J connectivity index is 1.69. The molecule has 0 saturated carbocycles. The molecule has 3 atom stereocenters. The summed E-state index contributed by atoms with van der Waals surface area (Å²) in [5.41, 5.74) is 7.24. The molecule has 3 rings (SSSR count). The van der Waals surface area contributed by atoms with E-state index in [0.29, 0.717) is 16.1 Å². The van der Waals surface area contributed by atoms with Crippen molar-refractivity contribution < 1.29 is 38.2 Å². The van der Waals surface area contributed by atoms with Crippen LogP contribution in [0, 0.1) is 11.7 Å². The molecule has 14 heteroatoms. The molecular formula is C29H35ClFN5O7. The second-order valence-corrected chi connectivity index (χ2v) is 10.9. The molecular weight excluding hydrogens is 585 g/mol. The predicted molar refractivity (Wildman–Crippen MR) is 154 cm³/mol. The zero-order chi connectivity index (χ0) is 31.7. The van der Waals surface area contributed by atoms with Gasteiger partial charge < -0.3 is 30.5 Å². The molecule has 2 aromatic carbocycles.